The van der Waals surface area contributed by atoms with Crippen molar-refractivity contribution in [1.82, 2.24) is 14.9 Å². The summed E-state index contributed by atoms with van der Waals surface area (Å²) >= 11 is 0. The highest BCUT2D eigenvalue weighted by Crippen LogP contribution is 2.30. The maximum Gasteiger partial charge on any atom is 0.342 e. The number of rotatable bonds is 9. The van der Waals surface area contributed by atoms with E-state index in [1.165, 1.54) is 5.56 Å². The van der Waals surface area contributed by atoms with Gasteiger partial charge in [-0.05, 0) is 40.2 Å². The molecule has 3 aromatic rings. The van der Waals surface area contributed by atoms with Crippen LogP contribution in [0.25, 0.3) is 11.1 Å². The van der Waals surface area contributed by atoms with E-state index < -0.39 is 5.97 Å². The molecule has 0 bridgehead atoms. The van der Waals surface area contributed by atoms with Crippen molar-refractivity contribution in [1.29, 1.82) is 0 Å². The summed E-state index contributed by atoms with van der Waals surface area (Å²) in [6.07, 6.45) is 0. The highest BCUT2D eigenvalue weighted by Gasteiger charge is 2.24. The van der Waals surface area contributed by atoms with E-state index in [9.17, 15) is 4.79 Å². The summed E-state index contributed by atoms with van der Waals surface area (Å²) in [7, 11) is 0. The van der Waals surface area contributed by atoms with Crippen molar-refractivity contribution in [2.24, 2.45) is 0 Å². The van der Waals surface area contributed by atoms with Crippen LogP contribution < -0.4 is 5.32 Å². The minimum Gasteiger partial charge on any atom is -0.462 e. The lowest BCUT2D eigenvalue weighted by molar-refractivity contribution is 0.0526. The minimum atomic E-state index is -0.419. The van der Waals surface area contributed by atoms with Crippen molar-refractivity contribution in [2.45, 2.75) is 47.2 Å². The van der Waals surface area contributed by atoms with Crippen molar-refractivity contribution >= 4 is 22.9 Å². The molecule has 0 amide bonds. The summed E-state index contributed by atoms with van der Waals surface area (Å²) in [4.78, 5) is 23.8. The Hall–Kier alpha value is -2.93. The van der Waals surface area contributed by atoms with Crippen molar-refractivity contribution in [3.05, 3.63) is 53.0 Å². The largest absolute Gasteiger partial charge is 0.462 e. The molecular formula is C23H30N4O3. The fraction of sp³-hybridized carbons (Fsp3) is 0.435. The summed E-state index contributed by atoms with van der Waals surface area (Å²) in [5.41, 5.74) is 2.07. The van der Waals surface area contributed by atoms with E-state index in [-0.39, 0.29) is 0 Å². The molecule has 2 aromatic heterocycles. The van der Waals surface area contributed by atoms with Crippen LogP contribution in [0.15, 0.2) is 34.7 Å². The molecule has 3 rings (SSSR count). The number of carbonyl (C=O) groups is 1. The quantitative estimate of drug-likeness (QED) is 0.526. The average molecular weight is 411 g/mol. The predicted molar refractivity (Wildman–Crippen MR) is 118 cm³/mol. The van der Waals surface area contributed by atoms with Crippen LogP contribution in [-0.2, 0) is 11.3 Å². The molecule has 0 saturated carbocycles. The number of fused-ring (bicyclic) bond motifs is 1. The number of anilines is 1. The molecule has 7 heteroatoms. The maximum atomic E-state index is 12.5. The zero-order valence-corrected chi connectivity index (χ0v) is 18.4. The Kier molecular flexibility index (Phi) is 7.05. The number of esters is 1. The summed E-state index contributed by atoms with van der Waals surface area (Å²) < 4.78 is 10.9. The van der Waals surface area contributed by atoms with E-state index in [4.69, 9.17) is 9.15 Å². The summed E-state index contributed by atoms with van der Waals surface area (Å²) in [6, 6.07) is 10.8. The summed E-state index contributed by atoms with van der Waals surface area (Å²) in [5.74, 6) is 1.25. The average Bonchev–Trinajstić information content (AvgIpc) is 3.03. The Balaban J connectivity index is 1.80. The van der Waals surface area contributed by atoms with E-state index in [1.807, 2.05) is 13.0 Å². The van der Waals surface area contributed by atoms with Gasteiger partial charge in [-0.3, -0.25) is 4.90 Å². The smallest absolute Gasteiger partial charge is 0.342 e. The molecule has 1 N–H and O–H groups in total. The number of hydrogen-bond donors (Lipinski definition) is 1. The van der Waals surface area contributed by atoms with Crippen molar-refractivity contribution in [3.63, 3.8) is 0 Å². The maximum absolute atomic E-state index is 12.5. The highest BCUT2D eigenvalue weighted by atomic mass is 16.5. The third-order valence-corrected chi connectivity index (χ3v) is 4.97. The van der Waals surface area contributed by atoms with Crippen molar-refractivity contribution in [3.8, 4) is 0 Å². The second-order valence-corrected chi connectivity index (χ2v) is 7.53. The van der Waals surface area contributed by atoms with Gasteiger partial charge in [0, 0.05) is 25.7 Å². The second-order valence-electron chi connectivity index (χ2n) is 7.53. The second kappa shape index (κ2) is 9.71. The molecule has 160 valence electrons. The number of benzene rings is 1. The number of ether oxygens (including phenoxy) is 1. The first-order valence-corrected chi connectivity index (χ1v) is 10.4. The van der Waals surface area contributed by atoms with Gasteiger partial charge in [0.1, 0.15) is 23.0 Å². The molecule has 0 spiro atoms. The lowest BCUT2D eigenvalue weighted by Crippen LogP contribution is -2.34. The molecule has 0 radical (unpaired) electrons. The van der Waals surface area contributed by atoms with E-state index in [1.54, 1.807) is 13.8 Å². The number of nitrogens with zero attached hydrogens (tertiary/aromatic N) is 3. The molecule has 0 aliphatic carbocycles. The fourth-order valence-electron chi connectivity index (χ4n) is 3.45. The molecule has 0 fully saturated rings. The van der Waals surface area contributed by atoms with Crippen LogP contribution in [-0.4, -0.2) is 46.6 Å². The normalized spacial score (nSPS) is 11.4. The van der Waals surface area contributed by atoms with Crippen LogP contribution in [0.5, 0.6) is 0 Å². The van der Waals surface area contributed by atoms with Crippen LogP contribution in [0, 0.1) is 13.8 Å². The standard InChI is InChI=1S/C23H30N4O3/c1-6-29-23(28)19-16(4)30-22-20(19)21(25-17(5)26-22)24-12-13-27(15(2)3)14-18-10-8-7-9-11-18/h7-11,15H,6,12-14H2,1-5H3,(H,24,25,26). The van der Waals surface area contributed by atoms with Gasteiger partial charge < -0.3 is 14.5 Å². The fourth-order valence-corrected chi connectivity index (χ4v) is 3.45. The van der Waals surface area contributed by atoms with Crippen LogP contribution in [0.2, 0.25) is 0 Å². The number of aromatic nitrogens is 2. The Labute approximate surface area is 177 Å². The minimum absolute atomic E-state index is 0.295. The first-order valence-electron chi connectivity index (χ1n) is 10.4. The van der Waals surface area contributed by atoms with Gasteiger partial charge >= 0.3 is 5.97 Å². The van der Waals surface area contributed by atoms with Gasteiger partial charge in [0.25, 0.3) is 0 Å². The van der Waals surface area contributed by atoms with E-state index >= 15 is 0 Å². The topological polar surface area (TPSA) is 80.5 Å². The molecule has 30 heavy (non-hydrogen) atoms. The van der Waals surface area contributed by atoms with E-state index in [0.717, 1.165) is 13.1 Å². The molecule has 2 heterocycles. The van der Waals surface area contributed by atoms with E-state index in [0.29, 0.717) is 53.3 Å². The summed E-state index contributed by atoms with van der Waals surface area (Å²) in [6.45, 7) is 12.4. The molecule has 7 nitrogen and oxygen atoms in total. The van der Waals surface area contributed by atoms with Crippen LogP contribution in [0.1, 0.15) is 48.3 Å². The Morgan fingerprint density at radius 3 is 2.60 bits per heavy atom. The predicted octanol–water partition coefficient (Wildman–Crippen LogP) is 4.34. The molecule has 0 aliphatic rings. The summed E-state index contributed by atoms with van der Waals surface area (Å²) in [5, 5.41) is 3.97. The van der Waals surface area contributed by atoms with Crippen LogP contribution in [0.3, 0.4) is 0 Å². The number of nitrogens with one attached hydrogen (secondary N) is 1. The van der Waals surface area contributed by atoms with Gasteiger partial charge in [0.15, 0.2) is 0 Å². The molecule has 1 aromatic carbocycles. The number of carbonyl (C=O) groups excluding carboxylic acids is 1. The van der Waals surface area contributed by atoms with Crippen molar-refractivity contribution < 1.29 is 13.9 Å². The Bertz CT molecular complexity index is 999. The lowest BCUT2D eigenvalue weighted by atomic mass is 10.1. The van der Waals surface area contributed by atoms with Gasteiger partial charge in [0.2, 0.25) is 5.71 Å². The first kappa shape index (κ1) is 21.8. The molecule has 0 aliphatic heterocycles. The Morgan fingerprint density at radius 1 is 1.20 bits per heavy atom. The number of aryl methyl sites for hydroxylation is 2. The first-order chi connectivity index (χ1) is 14.4. The highest BCUT2D eigenvalue weighted by molar-refractivity contribution is 6.07. The molecule has 0 saturated heterocycles. The van der Waals surface area contributed by atoms with Gasteiger partial charge in [-0.1, -0.05) is 30.3 Å². The lowest BCUT2D eigenvalue weighted by Gasteiger charge is -2.26. The van der Waals surface area contributed by atoms with Gasteiger partial charge in [0.05, 0.1) is 12.0 Å². The van der Waals surface area contributed by atoms with E-state index in [2.05, 4.69) is 58.3 Å². The monoisotopic (exact) mass is 410 g/mol. The molecular weight excluding hydrogens is 380 g/mol. The van der Waals surface area contributed by atoms with Gasteiger partial charge in [-0.15, -0.1) is 0 Å². The van der Waals surface area contributed by atoms with Gasteiger partial charge in [-0.25, -0.2) is 9.78 Å². The number of hydrogen-bond acceptors (Lipinski definition) is 7. The van der Waals surface area contributed by atoms with Gasteiger partial charge in [-0.2, -0.15) is 4.98 Å². The van der Waals surface area contributed by atoms with Crippen molar-refractivity contribution in [2.75, 3.05) is 25.0 Å². The zero-order chi connectivity index (χ0) is 21.7. The third-order valence-electron chi connectivity index (χ3n) is 4.97. The molecule has 0 unspecified atom stereocenters. The van der Waals surface area contributed by atoms with Crippen LogP contribution >= 0.6 is 0 Å². The number of furan rings is 1. The third kappa shape index (κ3) is 4.97. The Morgan fingerprint density at radius 2 is 1.93 bits per heavy atom. The molecule has 0 atom stereocenters. The SMILES string of the molecule is CCOC(=O)c1c(C)oc2nc(C)nc(NCCN(Cc3ccccc3)C(C)C)c12. The van der Waals surface area contributed by atoms with Crippen LogP contribution in [0.4, 0.5) is 5.82 Å². The zero-order valence-electron chi connectivity index (χ0n) is 18.4.